The summed E-state index contributed by atoms with van der Waals surface area (Å²) in [5.74, 6) is -1.37. The van der Waals surface area contributed by atoms with Crippen molar-refractivity contribution in [1.82, 2.24) is 9.88 Å². The Kier molecular flexibility index (Phi) is 6.76. The lowest BCUT2D eigenvalue weighted by molar-refractivity contribution is 0.199. The molecule has 28 heavy (non-hydrogen) atoms. The summed E-state index contributed by atoms with van der Waals surface area (Å²) < 4.78 is 29.0. The third-order valence-corrected chi connectivity index (χ3v) is 4.69. The van der Waals surface area contributed by atoms with Crippen LogP contribution in [0.25, 0.3) is 0 Å². The molecule has 0 unspecified atom stereocenters. The van der Waals surface area contributed by atoms with E-state index in [-0.39, 0.29) is 18.0 Å². The maximum Gasteiger partial charge on any atom is 0.322 e. The van der Waals surface area contributed by atoms with Crippen molar-refractivity contribution in [3.05, 3.63) is 53.9 Å². The normalized spacial score (nSPS) is 13.6. The van der Waals surface area contributed by atoms with Gasteiger partial charge < -0.3 is 20.2 Å². The number of urea groups is 1. The molecule has 2 amide bonds. The van der Waals surface area contributed by atoms with Crippen LogP contribution in [-0.4, -0.2) is 47.3 Å². The first kappa shape index (κ1) is 20.0. The van der Waals surface area contributed by atoms with Crippen LogP contribution in [-0.2, 0) is 6.54 Å². The number of aliphatic hydroxyl groups excluding tert-OH is 1. The quantitative estimate of drug-likeness (QED) is 0.761. The van der Waals surface area contributed by atoms with Crippen molar-refractivity contribution in [1.29, 1.82) is 0 Å². The average Bonchev–Trinajstić information content (AvgIpc) is 3.19. The number of aliphatic hydroxyl groups is 1. The number of nitrogens with zero attached hydrogens (tertiary/aromatic N) is 3. The molecule has 0 spiro atoms. The predicted molar refractivity (Wildman–Crippen MR) is 103 cm³/mol. The monoisotopic (exact) mass is 390 g/mol. The summed E-state index contributed by atoms with van der Waals surface area (Å²) in [4.78, 5) is 19.8. The summed E-state index contributed by atoms with van der Waals surface area (Å²) in [6, 6.07) is 5.36. The molecule has 1 aromatic heterocycles. The maximum atomic E-state index is 14.5. The highest BCUT2D eigenvalue weighted by Gasteiger charge is 2.22. The van der Waals surface area contributed by atoms with Crippen LogP contribution in [0.4, 0.5) is 25.0 Å². The van der Waals surface area contributed by atoms with E-state index in [0.29, 0.717) is 32.6 Å². The Morgan fingerprint density at radius 1 is 1.18 bits per heavy atom. The molecule has 2 N–H and O–H groups in total. The minimum absolute atomic E-state index is 0.0376. The highest BCUT2D eigenvalue weighted by Crippen LogP contribution is 2.29. The lowest BCUT2D eigenvalue weighted by Crippen LogP contribution is -2.35. The van der Waals surface area contributed by atoms with E-state index in [0.717, 1.165) is 30.5 Å². The number of carbonyl (C=O) groups is 1. The van der Waals surface area contributed by atoms with E-state index < -0.39 is 17.7 Å². The van der Waals surface area contributed by atoms with Gasteiger partial charge in [0, 0.05) is 50.9 Å². The van der Waals surface area contributed by atoms with Gasteiger partial charge >= 0.3 is 6.03 Å². The number of carbonyl (C=O) groups excluding carboxylic acids is 1. The predicted octanol–water partition coefficient (Wildman–Crippen LogP) is 3.38. The first-order chi connectivity index (χ1) is 13.6. The number of hydrogen-bond acceptors (Lipinski definition) is 4. The summed E-state index contributed by atoms with van der Waals surface area (Å²) in [5.41, 5.74) is 0.890. The summed E-state index contributed by atoms with van der Waals surface area (Å²) in [5, 5.41) is 11.6. The summed E-state index contributed by atoms with van der Waals surface area (Å²) in [6.07, 6.45) is 5.46. The third-order valence-electron chi connectivity index (χ3n) is 4.69. The van der Waals surface area contributed by atoms with Crippen LogP contribution in [0, 0.1) is 11.6 Å². The maximum absolute atomic E-state index is 14.5. The van der Waals surface area contributed by atoms with Crippen molar-refractivity contribution in [2.75, 3.05) is 36.5 Å². The van der Waals surface area contributed by atoms with Gasteiger partial charge in [-0.25, -0.2) is 13.6 Å². The number of pyridine rings is 1. The van der Waals surface area contributed by atoms with Gasteiger partial charge in [-0.15, -0.1) is 0 Å². The molecule has 0 bridgehead atoms. The molecule has 1 fully saturated rings. The van der Waals surface area contributed by atoms with Crippen molar-refractivity contribution in [3.63, 3.8) is 0 Å². The number of anilines is 2. The number of amides is 2. The minimum atomic E-state index is -0.687. The molecule has 1 aromatic carbocycles. The largest absolute Gasteiger partial charge is 0.396 e. The van der Waals surface area contributed by atoms with Crippen LogP contribution >= 0.6 is 0 Å². The van der Waals surface area contributed by atoms with Gasteiger partial charge in [0.1, 0.15) is 5.69 Å². The molecule has 8 heteroatoms. The molecule has 2 heterocycles. The van der Waals surface area contributed by atoms with Crippen LogP contribution < -0.4 is 10.2 Å². The van der Waals surface area contributed by atoms with Gasteiger partial charge in [-0.2, -0.15) is 0 Å². The lowest BCUT2D eigenvalue weighted by Gasteiger charge is -2.24. The molecule has 0 radical (unpaired) electrons. The first-order valence-corrected chi connectivity index (χ1v) is 9.38. The van der Waals surface area contributed by atoms with Crippen molar-refractivity contribution in [3.8, 4) is 0 Å². The van der Waals surface area contributed by atoms with Gasteiger partial charge in [-0.05, 0) is 49.1 Å². The number of aromatic nitrogens is 1. The van der Waals surface area contributed by atoms with Crippen molar-refractivity contribution in [2.45, 2.75) is 25.8 Å². The number of nitrogens with one attached hydrogen (secondary N) is 1. The van der Waals surface area contributed by atoms with Crippen molar-refractivity contribution in [2.24, 2.45) is 0 Å². The molecule has 150 valence electrons. The SMILES string of the molecule is O=C(Nc1cc(F)c(N2CCCC2)c(F)c1)N(CCCO)Cc1ccncc1. The van der Waals surface area contributed by atoms with E-state index in [1.165, 1.54) is 4.90 Å². The van der Waals surface area contributed by atoms with Crippen LogP contribution in [0.3, 0.4) is 0 Å². The Balaban J connectivity index is 1.73. The van der Waals surface area contributed by atoms with E-state index >= 15 is 0 Å². The van der Waals surface area contributed by atoms with Gasteiger partial charge in [0.15, 0.2) is 11.6 Å². The second-order valence-electron chi connectivity index (χ2n) is 6.77. The summed E-state index contributed by atoms with van der Waals surface area (Å²) in [7, 11) is 0. The highest BCUT2D eigenvalue weighted by atomic mass is 19.1. The number of halogens is 2. The van der Waals surface area contributed by atoms with Crippen molar-refractivity contribution >= 4 is 17.4 Å². The van der Waals surface area contributed by atoms with Gasteiger partial charge in [-0.3, -0.25) is 4.98 Å². The molecule has 6 nitrogen and oxygen atoms in total. The molecule has 0 atom stereocenters. The average molecular weight is 390 g/mol. The molecule has 0 saturated carbocycles. The molecule has 3 rings (SSSR count). The van der Waals surface area contributed by atoms with Gasteiger partial charge in [0.05, 0.1) is 0 Å². The zero-order chi connectivity index (χ0) is 19.9. The Morgan fingerprint density at radius 3 is 2.43 bits per heavy atom. The fourth-order valence-electron chi connectivity index (χ4n) is 3.31. The fraction of sp³-hybridized carbons (Fsp3) is 0.400. The standard InChI is InChI=1S/C20H24F2N4O2/c21-17-12-16(13-18(22)19(17)25-8-1-2-9-25)24-20(28)26(10-3-11-27)14-15-4-6-23-7-5-15/h4-7,12-13,27H,1-3,8-11,14H2,(H,24,28). The number of rotatable bonds is 7. The van der Waals surface area contributed by atoms with E-state index in [2.05, 4.69) is 10.3 Å². The fourth-order valence-corrected chi connectivity index (χ4v) is 3.31. The van der Waals surface area contributed by atoms with Gasteiger partial charge in [0.25, 0.3) is 0 Å². The molecular weight excluding hydrogens is 366 g/mol. The first-order valence-electron chi connectivity index (χ1n) is 9.38. The van der Waals surface area contributed by atoms with Crippen LogP contribution in [0.2, 0.25) is 0 Å². The zero-order valence-electron chi connectivity index (χ0n) is 15.6. The van der Waals surface area contributed by atoms with E-state index in [1.54, 1.807) is 29.4 Å². The van der Waals surface area contributed by atoms with Gasteiger partial charge in [0.2, 0.25) is 0 Å². The Bertz CT molecular complexity index is 775. The minimum Gasteiger partial charge on any atom is -0.396 e. The molecule has 0 aliphatic carbocycles. The van der Waals surface area contributed by atoms with Gasteiger partial charge in [-0.1, -0.05) is 0 Å². The number of hydrogen-bond donors (Lipinski definition) is 2. The third kappa shape index (κ3) is 4.95. The highest BCUT2D eigenvalue weighted by molar-refractivity contribution is 5.89. The van der Waals surface area contributed by atoms with E-state index in [9.17, 15) is 13.6 Å². The van der Waals surface area contributed by atoms with Crippen LogP contribution in [0.15, 0.2) is 36.7 Å². The summed E-state index contributed by atoms with van der Waals surface area (Å²) >= 11 is 0. The molecule has 2 aromatic rings. The number of benzene rings is 1. The molecule has 1 aliphatic heterocycles. The Hall–Kier alpha value is -2.74. The van der Waals surface area contributed by atoms with Crippen LogP contribution in [0.5, 0.6) is 0 Å². The molecule has 1 aliphatic rings. The zero-order valence-corrected chi connectivity index (χ0v) is 15.6. The lowest BCUT2D eigenvalue weighted by atomic mass is 10.2. The second-order valence-corrected chi connectivity index (χ2v) is 6.77. The topological polar surface area (TPSA) is 68.7 Å². The molecule has 1 saturated heterocycles. The second kappa shape index (κ2) is 9.45. The smallest absolute Gasteiger partial charge is 0.322 e. The molecular formula is C20H24F2N4O2. The Morgan fingerprint density at radius 2 is 1.82 bits per heavy atom. The summed E-state index contributed by atoms with van der Waals surface area (Å²) in [6.45, 7) is 1.79. The van der Waals surface area contributed by atoms with Crippen LogP contribution in [0.1, 0.15) is 24.8 Å². The van der Waals surface area contributed by atoms with E-state index in [4.69, 9.17) is 5.11 Å². The van der Waals surface area contributed by atoms with Crippen molar-refractivity contribution < 1.29 is 18.7 Å². The Labute approximate surface area is 162 Å². The van der Waals surface area contributed by atoms with E-state index in [1.807, 2.05) is 0 Å².